The van der Waals surface area contributed by atoms with Crippen molar-refractivity contribution >= 4 is 50.7 Å². The topological polar surface area (TPSA) is 66.0 Å². The average molecular weight is 1390 g/mol. The molecule has 0 radical (unpaired) electrons. The molecule has 86 heavy (non-hydrogen) atoms. The number of thiophene rings is 2. The quantitative estimate of drug-likeness (QED) is 0.0777. The highest BCUT2D eigenvalue weighted by Gasteiger charge is 2.47. The van der Waals surface area contributed by atoms with Crippen LogP contribution >= 0.6 is 22.7 Å². The molecule has 0 atom stereocenters. The molecule has 0 aliphatic heterocycles. The van der Waals surface area contributed by atoms with Gasteiger partial charge >= 0.3 is 70.6 Å². The molecule has 452 valence electrons. The van der Waals surface area contributed by atoms with Crippen molar-refractivity contribution in [2.24, 2.45) is 0 Å². The smallest absolute Gasteiger partial charge is 0.416 e. The van der Waals surface area contributed by atoms with E-state index in [1.165, 1.54) is 5.77 Å². The van der Waals surface area contributed by atoms with Gasteiger partial charge in [-0.3, -0.25) is 0 Å². The van der Waals surface area contributed by atoms with Crippen LogP contribution in [0.2, 0.25) is 0 Å². The summed E-state index contributed by atoms with van der Waals surface area (Å²) in [6.45, 7) is 0. The number of hydrogen-bond acceptors (Lipinski definition) is 6. The number of benzene rings is 6. The zero-order chi connectivity index (χ0) is 64.0. The van der Waals surface area contributed by atoms with Crippen molar-refractivity contribution in [3.63, 3.8) is 0 Å². The van der Waals surface area contributed by atoms with Crippen LogP contribution in [-0.2, 0) is 49.4 Å². The van der Waals surface area contributed by atoms with E-state index in [1.54, 1.807) is 71.2 Å². The highest BCUT2D eigenvalue weighted by Crippen LogP contribution is 2.42. The number of hydrogen-bond donors (Lipinski definition) is 0. The van der Waals surface area contributed by atoms with E-state index >= 15 is 0 Å². The van der Waals surface area contributed by atoms with Gasteiger partial charge in [-0.05, 0) is 84.9 Å². The fraction of sp³-hybridized carbons (Fsp3) is 0.148. The van der Waals surface area contributed by atoms with Gasteiger partial charge in [0.1, 0.15) is 17.6 Å². The van der Waals surface area contributed by atoms with E-state index in [2.05, 4.69) is 24.3 Å². The lowest BCUT2D eigenvalue weighted by Gasteiger charge is -2.46. The van der Waals surface area contributed by atoms with Gasteiger partial charge in [0.15, 0.2) is 10.1 Å². The van der Waals surface area contributed by atoms with Gasteiger partial charge in [-0.2, -0.15) is 138 Å². The van der Waals surface area contributed by atoms with E-state index in [1.807, 2.05) is 12.1 Å². The SMILES string of the molecule is FC(F)(F)c1cc([B-](c2cc(C(F)(F)F)cc(C(F)(F)F)c2)(c2cc(C(F)(F)F)cc(C(F)(F)F)c2)c2cc(C(F)(F)F)cc(C(F)(F)F)c2)cc(C(F)(F)F)c1.N#Cc1ccc(Oc2ccc([I+]c3ccc(Oc4ccc(C#N)cc4)s3)s2)cc1. The van der Waals surface area contributed by atoms with Gasteiger partial charge in [-0.25, -0.2) is 0 Å². The third-order valence-corrected chi connectivity index (χ3v) is 17.8. The first-order valence-corrected chi connectivity index (χ1v) is 26.8. The molecule has 0 spiro atoms. The van der Waals surface area contributed by atoms with E-state index < -0.39 is 195 Å². The zero-order valence-corrected chi connectivity index (χ0v) is 45.2. The van der Waals surface area contributed by atoms with Crippen molar-refractivity contribution in [1.82, 2.24) is 0 Å². The lowest BCUT2D eigenvalue weighted by molar-refractivity contribution is -0.585. The van der Waals surface area contributed by atoms with E-state index in [-0.39, 0.29) is 21.2 Å². The highest BCUT2D eigenvalue weighted by atomic mass is 127. The maximum absolute atomic E-state index is 14.2. The summed E-state index contributed by atoms with van der Waals surface area (Å²) in [5.74, 6) is 1.45. The molecule has 0 aliphatic rings. The van der Waals surface area contributed by atoms with Crippen molar-refractivity contribution in [2.75, 3.05) is 0 Å². The van der Waals surface area contributed by atoms with Crippen LogP contribution in [0.4, 0.5) is 105 Å². The van der Waals surface area contributed by atoms with Gasteiger partial charge in [-0.1, -0.05) is 71.2 Å². The molecule has 0 amide bonds. The average Bonchev–Trinajstić information content (AvgIpc) is 0.790. The lowest BCUT2D eigenvalue weighted by atomic mass is 9.12. The number of halogens is 25. The van der Waals surface area contributed by atoms with Crippen LogP contribution in [0.1, 0.15) is 55.6 Å². The summed E-state index contributed by atoms with van der Waals surface area (Å²) in [4.78, 5) is 0. The molecule has 8 rings (SSSR count). The van der Waals surface area contributed by atoms with E-state index in [9.17, 15) is 105 Å². The Morgan fingerprint density at radius 3 is 0.698 bits per heavy atom. The van der Waals surface area contributed by atoms with E-state index in [0.29, 0.717) is 11.1 Å². The van der Waals surface area contributed by atoms with Gasteiger partial charge < -0.3 is 9.47 Å². The Morgan fingerprint density at radius 2 is 0.512 bits per heavy atom. The van der Waals surface area contributed by atoms with Gasteiger partial charge in [0.25, 0.3) is 5.77 Å². The first-order valence-electron chi connectivity index (χ1n) is 23.0. The Hall–Kier alpha value is -7.59. The predicted octanol–water partition coefficient (Wildman–Crippen LogP) is 14.5. The largest absolute Gasteiger partial charge is 0.447 e. The second-order valence-corrected chi connectivity index (χ2v) is 24.3. The highest BCUT2D eigenvalue weighted by molar-refractivity contribution is 7.20. The van der Waals surface area contributed by atoms with Crippen molar-refractivity contribution in [3.05, 3.63) is 207 Å². The normalized spacial score (nSPS) is 12.9. The third kappa shape index (κ3) is 15.7. The molecule has 0 saturated carbocycles. The van der Waals surface area contributed by atoms with Crippen molar-refractivity contribution in [1.29, 1.82) is 10.5 Å². The minimum absolute atomic E-state index is 0.307. The Labute approximate surface area is 485 Å². The molecule has 0 bridgehead atoms. The molecule has 6 aromatic carbocycles. The number of nitriles is 2. The molecule has 0 fully saturated rings. The van der Waals surface area contributed by atoms with Crippen LogP contribution in [0.15, 0.2) is 146 Å². The Kier molecular flexibility index (Phi) is 18.4. The summed E-state index contributed by atoms with van der Waals surface area (Å²) in [5.41, 5.74) is -29.0. The van der Waals surface area contributed by atoms with E-state index in [4.69, 9.17) is 20.0 Å². The molecule has 0 saturated heterocycles. The molecule has 2 heterocycles. The van der Waals surface area contributed by atoms with Gasteiger partial charge in [0.2, 0.25) is 0 Å². The van der Waals surface area contributed by atoms with Crippen LogP contribution in [0.5, 0.6) is 21.6 Å². The van der Waals surface area contributed by atoms with Gasteiger partial charge in [-0.15, -0.1) is 0 Å². The molecule has 0 unspecified atom stereocenters. The molecular formula is C54H24BF24IN2O2S2. The molecular weight excluding hydrogens is 1370 g/mol. The Bertz CT molecular complexity index is 3310. The predicted molar refractivity (Wildman–Crippen MR) is 259 cm³/mol. The van der Waals surface area contributed by atoms with Crippen molar-refractivity contribution in [3.8, 4) is 33.8 Å². The minimum atomic E-state index is -6.13. The van der Waals surface area contributed by atoms with Crippen LogP contribution in [0.3, 0.4) is 0 Å². The van der Waals surface area contributed by atoms with Crippen molar-refractivity contribution < 1.29 is 136 Å². The van der Waals surface area contributed by atoms with Gasteiger partial charge in [0, 0.05) is 12.1 Å². The molecule has 8 aromatic rings. The first kappa shape index (κ1) is 65.9. The van der Waals surface area contributed by atoms with Crippen LogP contribution < -0.4 is 52.5 Å². The Balaban J connectivity index is 0.000000302. The van der Waals surface area contributed by atoms with Crippen LogP contribution in [0, 0.1) is 28.4 Å². The third-order valence-electron chi connectivity index (χ3n) is 12.1. The molecule has 0 aliphatic carbocycles. The molecule has 4 nitrogen and oxygen atoms in total. The molecule has 0 N–H and O–H groups in total. The summed E-state index contributed by atoms with van der Waals surface area (Å²) in [6.07, 6.45) is -54.8. The summed E-state index contributed by atoms with van der Waals surface area (Å²) < 4.78 is 355. The number of ether oxygens (including phenoxy) is 2. The van der Waals surface area contributed by atoms with Crippen LogP contribution in [-0.4, -0.2) is 6.15 Å². The number of rotatable bonds is 10. The number of nitrogens with zero attached hydrogens (tertiary/aromatic N) is 2. The van der Waals surface area contributed by atoms with Gasteiger partial charge in [0.05, 0.1) is 67.8 Å². The molecule has 2 aromatic heterocycles. The molecule has 32 heteroatoms. The van der Waals surface area contributed by atoms with Crippen molar-refractivity contribution in [2.45, 2.75) is 49.4 Å². The standard InChI is InChI=1S/C32H12BF24.C22H12IN2O2S2/c34-25(35,36)13-1-14(26(37,38)39)6-21(5-13)33(22-7-15(27(40,41)42)2-16(8-22)28(43,44)45,23-9-17(29(46,47)48)3-18(10-23)30(49,50)51)24-11-19(31(52,53)54)4-20(12-24)32(55,56)57;24-13-15-1-5-17(6-2-15)26-21-11-9-19(28-21)23-20-10-12-22(29-20)27-18-7-3-16(14-25)4-8-18/h1-12H;1-12H/q-1;+1. The second kappa shape index (κ2) is 23.9. The van der Waals surface area contributed by atoms with Crippen LogP contribution in [0.25, 0.3) is 0 Å². The maximum Gasteiger partial charge on any atom is 0.416 e. The summed E-state index contributed by atoms with van der Waals surface area (Å²) >= 11 is 2.99. The zero-order valence-electron chi connectivity index (χ0n) is 41.4. The summed E-state index contributed by atoms with van der Waals surface area (Å²) in [7, 11) is 0. The monoisotopic (exact) mass is 1390 g/mol. The number of alkyl halides is 24. The second-order valence-electron chi connectivity index (χ2n) is 17.9. The fourth-order valence-electron chi connectivity index (χ4n) is 8.40. The summed E-state index contributed by atoms with van der Waals surface area (Å²) in [6, 6.07) is 17.8. The minimum Gasteiger partial charge on any atom is -0.447 e. The fourth-order valence-corrected chi connectivity index (χ4v) is 14.3. The first-order chi connectivity index (χ1) is 39.5. The lowest BCUT2D eigenvalue weighted by Crippen LogP contribution is -3.61. The van der Waals surface area contributed by atoms with E-state index in [0.717, 1.165) is 21.6 Å². The Morgan fingerprint density at radius 1 is 0.302 bits per heavy atom. The summed E-state index contributed by atoms with van der Waals surface area (Å²) in [5, 5.41) is 19.4. The maximum atomic E-state index is 14.2.